The Balaban J connectivity index is 0.00000320. The molecule has 192 valence electrons. The van der Waals surface area contributed by atoms with E-state index in [4.69, 9.17) is 11.6 Å². The van der Waals surface area contributed by atoms with Gasteiger partial charge in [-0.1, -0.05) is 35.9 Å². The quantitative estimate of drug-likeness (QED) is 0.459. The predicted molar refractivity (Wildman–Crippen MR) is 147 cm³/mol. The molecular weight excluding hydrogens is 512 g/mol. The van der Waals surface area contributed by atoms with Crippen molar-refractivity contribution < 1.29 is 9.18 Å². The number of hydrogen-bond donors (Lipinski definition) is 1. The standard InChI is InChI=1S/C28H27ClFN5O.ClH/c1-33-11-8-21(17-33)16-32-28(36)35-26-9-12-34(10-2-3-19-5-7-24(29)25(30)13-19)18-23(26)22-6-4-20(15-31)14-27(22)35;/h2-7,13-14,17H,8-12,16,18H2,1H3,(H,32,36);1H/b3-2+;. The predicted octanol–water partition coefficient (Wildman–Crippen LogP) is 5.58. The highest BCUT2D eigenvalue weighted by atomic mass is 35.5. The van der Waals surface area contributed by atoms with Gasteiger partial charge in [0, 0.05) is 57.3 Å². The van der Waals surface area contributed by atoms with Crippen LogP contribution in [0, 0.1) is 17.1 Å². The lowest BCUT2D eigenvalue weighted by atomic mass is 10.0. The van der Waals surface area contributed by atoms with Crippen LogP contribution in [0.1, 0.15) is 28.8 Å². The second kappa shape index (κ2) is 11.4. The van der Waals surface area contributed by atoms with Crippen molar-refractivity contribution in [3.05, 3.63) is 87.5 Å². The number of rotatable bonds is 5. The number of fused-ring (bicyclic) bond motifs is 3. The molecular formula is C28H28Cl2FN5O. The van der Waals surface area contributed by atoms with E-state index in [0.29, 0.717) is 31.6 Å². The fourth-order valence-corrected chi connectivity index (χ4v) is 5.11. The van der Waals surface area contributed by atoms with E-state index < -0.39 is 5.82 Å². The van der Waals surface area contributed by atoms with Crippen LogP contribution in [-0.2, 0) is 13.0 Å². The second-order valence-corrected chi connectivity index (χ2v) is 9.75. The van der Waals surface area contributed by atoms with Crippen LogP contribution in [0.15, 0.2) is 54.2 Å². The monoisotopic (exact) mass is 539 g/mol. The van der Waals surface area contributed by atoms with Gasteiger partial charge >= 0.3 is 6.03 Å². The molecule has 2 aromatic carbocycles. The molecule has 3 aromatic rings. The summed E-state index contributed by atoms with van der Waals surface area (Å²) in [6.45, 7) is 3.65. The average Bonchev–Trinajstić information content (AvgIpc) is 3.44. The first-order valence-corrected chi connectivity index (χ1v) is 12.4. The van der Waals surface area contributed by atoms with E-state index in [0.717, 1.165) is 47.2 Å². The SMILES string of the molecule is CN1C=C(CNC(=O)n2c3c(c4ccc(C#N)cc42)CN(C/C=C/c2ccc(Cl)c(F)c2)CC3)CC1.Cl. The average molecular weight is 540 g/mol. The van der Waals surface area contributed by atoms with E-state index in [-0.39, 0.29) is 23.5 Å². The molecule has 9 heteroatoms. The highest BCUT2D eigenvalue weighted by Crippen LogP contribution is 2.31. The Morgan fingerprint density at radius 2 is 2.05 bits per heavy atom. The van der Waals surface area contributed by atoms with E-state index >= 15 is 0 Å². The van der Waals surface area contributed by atoms with Gasteiger partial charge in [-0.05, 0) is 53.6 Å². The molecule has 0 spiro atoms. The van der Waals surface area contributed by atoms with Crippen LogP contribution in [0.5, 0.6) is 0 Å². The van der Waals surface area contributed by atoms with Crippen molar-refractivity contribution in [3.63, 3.8) is 0 Å². The highest BCUT2D eigenvalue weighted by molar-refractivity contribution is 6.30. The van der Waals surface area contributed by atoms with E-state index in [2.05, 4.69) is 27.4 Å². The molecule has 0 radical (unpaired) electrons. The lowest BCUT2D eigenvalue weighted by molar-refractivity contribution is 0.241. The summed E-state index contributed by atoms with van der Waals surface area (Å²) in [5, 5.41) is 13.6. The third kappa shape index (κ3) is 5.67. The van der Waals surface area contributed by atoms with Gasteiger partial charge in [0.15, 0.2) is 0 Å². The van der Waals surface area contributed by atoms with Gasteiger partial charge in [0.05, 0.1) is 22.2 Å². The number of halogens is 3. The summed E-state index contributed by atoms with van der Waals surface area (Å²) >= 11 is 5.77. The van der Waals surface area contributed by atoms with Gasteiger partial charge in [0.1, 0.15) is 5.82 Å². The summed E-state index contributed by atoms with van der Waals surface area (Å²) in [6.07, 6.45) is 7.65. The zero-order valence-corrected chi connectivity index (χ0v) is 22.1. The summed E-state index contributed by atoms with van der Waals surface area (Å²) in [5.74, 6) is -0.430. The summed E-state index contributed by atoms with van der Waals surface area (Å²) in [6, 6.07) is 12.3. The Bertz CT molecular complexity index is 1440. The molecule has 2 aliphatic rings. The van der Waals surface area contributed by atoms with E-state index in [1.165, 1.54) is 11.6 Å². The molecule has 5 rings (SSSR count). The second-order valence-electron chi connectivity index (χ2n) is 9.34. The Morgan fingerprint density at radius 1 is 1.22 bits per heavy atom. The highest BCUT2D eigenvalue weighted by Gasteiger charge is 2.26. The van der Waals surface area contributed by atoms with Crippen molar-refractivity contribution >= 4 is 47.0 Å². The third-order valence-electron chi connectivity index (χ3n) is 6.83. The van der Waals surface area contributed by atoms with Gasteiger partial charge in [-0.15, -0.1) is 12.4 Å². The molecule has 37 heavy (non-hydrogen) atoms. The van der Waals surface area contributed by atoms with Crippen LogP contribution in [0.4, 0.5) is 9.18 Å². The van der Waals surface area contributed by atoms with Crippen molar-refractivity contribution in [2.24, 2.45) is 0 Å². The molecule has 0 fully saturated rings. The number of nitriles is 1. The number of amides is 1. The fourth-order valence-electron chi connectivity index (χ4n) is 4.99. The van der Waals surface area contributed by atoms with Crippen LogP contribution >= 0.6 is 24.0 Å². The van der Waals surface area contributed by atoms with Crippen LogP contribution in [0.3, 0.4) is 0 Å². The topological polar surface area (TPSA) is 64.3 Å². The van der Waals surface area contributed by atoms with Crippen molar-refractivity contribution in [2.45, 2.75) is 19.4 Å². The smallest absolute Gasteiger partial charge is 0.326 e. The molecule has 1 N–H and O–H groups in total. The summed E-state index contributed by atoms with van der Waals surface area (Å²) in [5.41, 5.74) is 5.37. The lowest BCUT2D eigenvalue weighted by Crippen LogP contribution is -2.35. The zero-order valence-electron chi connectivity index (χ0n) is 20.5. The maximum absolute atomic E-state index is 13.7. The van der Waals surface area contributed by atoms with Crippen molar-refractivity contribution in [1.82, 2.24) is 19.7 Å². The van der Waals surface area contributed by atoms with Gasteiger partial charge in [-0.3, -0.25) is 9.47 Å². The maximum Gasteiger partial charge on any atom is 0.326 e. The number of benzene rings is 2. The molecule has 0 saturated heterocycles. The molecule has 2 aliphatic heterocycles. The zero-order chi connectivity index (χ0) is 25.2. The molecule has 1 aromatic heterocycles. The third-order valence-corrected chi connectivity index (χ3v) is 7.14. The fraction of sp³-hybridized carbons (Fsp3) is 0.286. The summed E-state index contributed by atoms with van der Waals surface area (Å²) < 4.78 is 15.5. The molecule has 3 heterocycles. The van der Waals surface area contributed by atoms with Gasteiger partial charge in [0.25, 0.3) is 0 Å². The molecule has 0 aliphatic carbocycles. The van der Waals surface area contributed by atoms with E-state index in [9.17, 15) is 14.4 Å². The minimum absolute atomic E-state index is 0. The Hall–Kier alpha value is -3.31. The van der Waals surface area contributed by atoms with E-state index in [1.54, 1.807) is 28.8 Å². The van der Waals surface area contributed by atoms with Gasteiger partial charge in [-0.25, -0.2) is 9.18 Å². The molecule has 0 unspecified atom stereocenters. The van der Waals surface area contributed by atoms with Crippen LogP contribution < -0.4 is 5.32 Å². The normalized spacial score (nSPS) is 15.4. The van der Waals surface area contributed by atoms with Crippen molar-refractivity contribution in [1.29, 1.82) is 5.26 Å². The summed E-state index contributed by atoms with van der Waals surface area (Å²) in [7, 11) is 2.03. The molecule has 1 amide bonds. The van der Waals surface area contributed by atoms with E-state index in [1.807, 2.05) is 25.3 Å². The number of hydrogen-bond acceptors (Lipinski definition) is 4. The maximum atomic E-state index is 13.7. The van der Waals surface area contributed by atoms with Gasteiger partial charge < -0.3 is 10.2 Å². The molecule has 0 atom stereocenters. The summed E-state index contributed by atoms with van der Waals surface area (Å²) in [4.78, 5) is 17.8. The molecule has 6 nitrogen and oxygen atoms in total. The Labute approximate surface area is 227 Å². The largest absolute Gasteiger partial charge is 0.380 e. The number of carbonyl (C=O) groups is 1. The van der Waals surface area contributed by atoms with Crippen LogP contribution in [0.25, 0.3) is 17.0 Å². The van der Waals surface area contributed by atoms with Gasteiger partial charge in [-0.2, -0.15) is 5.26 Å². The molecule has 0 saturated carbocycles. The first-order valence-electron chi connectivity index (χ1n) is 12.0. The number of carbonyl (C=O) groups excluding carboxylic acids is 1. The first kappa shape index (κ1) is 26.7. The van der Waals surface area contributed by atoms with Crippen molar-refractivity contribution in [2.75, 3.05) is 33.2 Å². The lowest BCUT2D eigenvalue weighted by Gasteiger charge is -2.27. The minimum atomic E-state index is -0.430. The Kier molecular flexibility index (Phi) is 8.23. The Morgan fingerprint density at radius 3 is 2.78 bits per heavy atom. The van der Waals surface area contributed by atoms with Crippen LogP contribution in [-0.4, -0.2) is 53.6 Å². The molecule has 0 bridgehead atoms. The van der Waals surface area contributed by atoms with Crippen LogP contribution in [0.2, 0.25) is 5.02 Å². The number of nitrogens with one attached hydrogen (secondary N) is 1. The first-order chi connectivity index (χ1) is 17.4. The minimum Gasteiger partial charge on any atom is -0.380 e. The van der Waals surface area contributed by atoms with Crippen molar-refractivity contribution in [3.8, 4) is 6.07 Å². The number of nitrogens with zero attached hydrogens (tertiary/aromatic N) is 4. The van der Waals surface area contributed by atoms with Gasteiger partial charge in [0.2, 0.25) is 0 Å². The number of aromatic nitrogens is 1.